The van der Waals surface area contributed by atoms with Crippen LogP contribution in [0.2, 0.25) is 0 Å². The molecule has 4 nitrogen and oxygen atoms in total. The summed E-state index contributed by atoms with van der Waals surface area (Å²) in [6.07, 6.45) is 4.82. The van der Waals surface area contributed by atoms with E-state index in [-0.39, 0.29) is 12.1 Å². The lowest BCUT2D eigenvalue weighted by molar-refractivity contribution is 0.197. The lowest BCUT2D eigenvalue weighted by Gasteiger charge is -2.18. The van der Waals surface area contributed by atoms with E-state index in [9.17, 15) is 0 Å². The van der Waals surface area contributed by atoms with E-state index in [4.69, 9.17) is 10.5 Å². The van der Waals surface area contributed by atoms with Gasteiger partial charge in [-0.05, 0) is 31.0 Å². The monoisotopic (exact) mass is 285 g/mol. The van der Waals surface area contributed by atoms with Crippen molar-refractivity contribution >= 4 is 0 Å². The van der Waals surface area contributed by atoms with Gasteiger partial charge in [-0.15, -0.1) is 0 Å². The number of para-hydroxylation sites is 1. The highest BCUT2D eigenvalue weighted by atomic mass is 16.5. The lowest BCUT2D eigenvalue weighted by atomic mass is 10.0. The number of fused-ring (bicyclic) bond motifs is 1. The van der Waals surface area contributed by atoms with Gasteiger partial charge >= 0.3 is 0 Å². The fourth-order valence-electron chi connectivity index (χ4n) is 2.74. The van der Waals surface area contributed by atoms with Crippen LogP contribution in [0, 0.1) is 0 Å². The van der Waals surface area contributed by atoms with Crippen molar-refractivity contribution in [3.8, 4) is 5.75 Å². The molecule has 3 unspecified atom stereocenters. The molecule has 112 valence electrons. The highest BCUT2D eigenvalue weighted by Gasteiger charge is 2.28. The minimum absolute atomic E-state index is 0.0299. The Morgan fingerprint density at radius 3 is 2.95 bits per heavy atom. The number of nitrogens with two attached hydrogens (primary N) is 1. The standard InChI is InChI=1S/C17H23N3O/c1-3-12(2)20-9-8-14(19-20)11-15(18)17-10-13-6-4-5-7-16(13)21-17/h4-9,12,15,17H,3,10-11,18H2,1-2H3. The Bertz CT molecular complexity index is 583. The number of nitrogens with zero attached hydrogens (tertiary/aromatic N) is 2. The van der Waals surface area contributed by atoms with Gasteiger partial charge in [-0.25, -0.2) is 0 Å². The summed E-state index contributed by atoms with van der Waals surface area (Å²) < 4.78 is 7.98. The van der Waals surface area contributed by atoms with E-state index in [0.29, 0.717) is 6.04 Å². The van der Waals surface area contributed by atoms with Crippen LogP contribution in [0.25, 0.3) is 0 Å². The normalized spacial score (nSPS) is 19.9. The van der Waals surface area contributed by atoms with Crippen LogP contribution in [0.1, 0.15) is 37.6 Å². The second-order valence-corrected chi connectivity index (χ2v) is 5.88. The average molecular weight is 285 g/mol. The number of aromatic nitrogens is 2. The molecule has 1 aliphatic heterocycles. The fourth-order valence-corrected chi connectivity index (χ4v) is 2.74. The van der Waals surface area contributed by atoms with Crippen molar-refractivity contribution < 1.29 is 4.74 Å². The van der Waals surface area contributed by atoms with Gasteiger partial charge < -0.3 is 10.5 Å². The first-order chi connectivity index (χ1) is 10.2. The summed E-state index contributed by atoms with van der Waals surface area (Å²) in [6.45, 7) is 4.34. The van der Waals surface area contributed by atoms with E-state index in [1.165, 1.54) is 5.56 Å². The Morgan fingerprint density at radius 2 is 2.19 bits per heavy atom. The summed E-state index contributed by atoms with van der Waals surface area (Å²) >= 11 is 0. The zero-order chi connectivity index (χ0) is 14.8. The second kappa shape index (κ2) is 5.90. The molecule has 0 amide bonds. The summed E-state index contributed by atoms with van der Waals surface area (Å²) in [6, 6.07) is 10.6. The molecule has 0 spiro atoms. The van der Waals surface area contributed by atoms with E-state index in [2.05, 4.69) is 31.1 Å². The Balaban J connectivity index is 1.63. The van der Waals surface area contributed by atoms with Crippen molar-refractivity contribution in [2.24, 2.45) is 5.73 Å². The zero-order valence-corrected chi connectivity index (χ0v) is 12.7. The van der Waals surface area contributed by atoms with Gasteiger partial charge in [-0.2, -0.15) is 5.10 Å². The van der Waals surface area contributed by atoms with Crippen LogP contribution in [0.5, 0.6) is 5.75 Å². The number of hydrogen-bond donors (Lipinski definition) is 1. The Kier molecular flexibility index (Phi) is 3.97. The highest BCUT2D eigenvalue weighted by Crippen LogP contribution is 2.29. The number of ether oxygens (including phenoxy) is 1. The topological polar surface area (TPSA) is 53.1 Å². The van der Waals surface area contributed by atoms with Crippen molar-refractivity contribution in [3.05, 3.63) is 47.8 Å². The second-order valence-electron chi connectivity index (χ2n) is 5.88. The van der Waals surface area contributed by atoms with Gasteiger partial charge in [-0.3, -0.25) is 4.68 Å². The minimum atomic E-state index is -0.0299. The van der Waals surface area contributed by atoms with Crippen molar-refractivity contribution in [1.29, 1.82) is 0 Å². The molecule has 2 heterocycles. The molecule has 0 bridgehead atoms. The van der Waals surface area contributed by atoms with Crippen LogP contribution < -0.4 is 10.5 Å². The smallest absolute Gasteiger partial charge is 0.123 e. The molecular formula is C17H23N3O. The number of hydrogen-bond acceptors (Lipinski definition) is 3. The van der Waals surface area contributed by atoms with Crippen LogP contribution in [-0.2, 0) is 12.8 Å². The molecule has 1 aromatic carbocycles. The molecule has 21 heavy (non-hydrogen) atoms. The molecule has 0 saturated heterocycles. The van der Waals surface area contributed by atoms with Crippen molar-refractivity contribution in [2.45, 2.75) is 51.3 Å². The van der Waals surface area contributed by atoms with Crippen LogP contribution in [-0.4, -0.2) is 21.9 Å². The maximum atomic E-state index is 6.33. The van der Waals surface area contributed by atoms with E-state index in [0.717, 1.165) is 30.7 Å². The molecule has 0 aliphatic carbocycles. The van der Waals surface area contributed by atoms with Gasteiger partial charge in [-0.1, -0.05) is 25.1 Å². The molecule has 2 aromatic rings. The van der Waals surface area contributed by atoms with E-state index >= 15 is 0 Å². The van der Waals surface area contributed by atoms with Crippen LogP contribution in [0.3, 0.4) is 0 Å². The summed E-state index contributed by atoms with van der Waals surface area (Å²) in [5.41, 5.74) is 8.63. The van der Waals surface area contributed by atoms with E-state index in [1.54, 1.807) is 0 Å². The highest BCUT2D eigenvalue weighted by molar-refractivity contribution is 5.37. The summed E-state index contributed by atoms with van der Waals surface area (Å²) in [5, 5.41) is 4.62. The van der Waals surface area contributed by atoms with Gasteiger partial charge in [0.05, 0.1) is 5.69 Å². The van der Waals surface area contributed by atoms with Gasteiger partial charge in [0.2, 0.25) is 0 Å². The molecule has 0 radical (unpaired) electrons. The van der Waals surface area contributed by atoms with Gasteiger partial charge in [0.25, 0.3) is 0 Å². The molecule has 0 saturated carbocycles. The van der Waals surface area contributed by atoms with Gasteiger partial charge in [0.15, 0.2) is 0 Å². The molecule has 0 fully saturated rings. The zero-order valence-electron chi connectivity index (χ0n) is 12.7. The van der Waals surface area contributed by atoms with Crippen LogP contribution >= 0.6 is 0 Å². The molecule has 4 heteroatoms. The Morgan fingerprint density at radius 1 is 1.38 bits per heavy atom. The Hall–Kier alpha value is -1.81. The van der Waals surface area contributed by atoms with Gasteiger partial charge in [0.1, 0.15) is 11.9 Å². The first kappa shape index (κ1) is 14.1. The summed E-state index contributed by atoms with van der Waals surface area (Å²) in [7, 11) is 0. The molecule has 2 N–H and O–H groups in total. The first-order valence-electron chi connectivity index (χ1n) is 7.71. The van der Waals surface area contributed by atoms with Crippen LogP contribution in [0.15, 0.2) is 36.5 Å². The molecule has 1 aliphatic rings. The summed E-state index contributed by atoms with van der Waals surface area (Å²) in [5.74, 6) is 0.975. The van der Waals surface area contributed by atoms with Crippen molar-refractivity contribution in [1.82, 2.24) is 9.78 Å². The Labute approximate surface area is 125 Å². The van der Waals surface area contributed by atoms with Crippen molar-refractivity contribution in [2.75, 3.05) is 0 Å². The predicted octanol–water partition coefficient (Wildman–Crippen LogP) is 2.73. The maximum absolute atomic E-state index is 6.33. The molecule has 3 atom stereocenters. The molecule has 3 rings (SSSR count). The number of benzene rings is 1. The molecule has 1 aromatic heterocycles. The quantitative estimate of drug-likeness (QED) is 0.919. The van der Waals surface area contributed by atoms with E-state index < -0.39 is 0 Å². The minimum Gasteiger partial charge on any atom is -0.488 e. The maximum Gasteiger partial charge on any atom is 0.123 e. The average Bonchev–Trinajstić information content (AvgIpc) is 3.12. The summed E-state index contributed by atoms with van der Waals surface area (Å²) in [4.78, 5) is 0. The van der Waals surface area contributed by atoms with E-state index in [1.807, 2.05) is 29.1 Å². The SMILES string of the molecule is CCC(C)n1ccc(CC(N)C2Cc3ccccc3O2)n1. The molecular weight excluding hydrogens is 262 g/mol. The largest absolute Gasteiger partial charge is 0.488 e. The predicted molar refractivity (Wildman–Crippen MR) is 83.5 cm³/mol. The van der Waals surface area contributed by atoms with Gasteiger partial charge in [0, 0.05) is 31.1 Å². The third-order valence-corrected chi connectivity index (χ3v) is 4.30. The third kappa shape index (κ3) is 2.95. The lowest BCUT2D eigenvalue weighted by Crippen LogP contribution is -2.39. The van der Waals surface area contributed by atoms with Crippen molar-refractivity contribution in [3.63, 3.8) is 0 Å². The van der Waals surface area contributed by atoms with Crippen LogP contribution in [0.4, 0.5) is 0 Å². The third-order valence-electron chi connectivity index (χ3n) is 4.30. The first-order valence-corrected chi connectivity index (χ1v) is 7.71. The number of rotatable bonds is 5. The fraction of sp³-hybridized carbons (Fsp3) is 0.471.